The third kappa shape index (κ3) is 4.57. The zero-order valence-electron chi connectivity index (χ0n) is 14.7. The van der Waals surface area contributed by atoms with Gasteiger partial charge in [0.2, 0.25) is 0 Å². The van der Waals surface area contributed by atoms with E-state index < -0.39 is 6.10 Å². The number of aromatic nitrogens is 2. The second kappa shape index (κ2) is 8.75. The molecule has 3 aromatic rings. The molecule has 0 amide bonds. The van der Waals surface area contributed by atoms with E-state index in [4.69, 9.17) is 27.9 Å². The number of rotatable bonds is 5. The molecular formula is C19H18Cl2N2O3S2. The van der Waals surface area contributed by atoms with Gasteiger partial charge < -0.3 is 14.9 Å². The van der Waals surface area contributed by atoms with Crippen LogP contribution in [0, 0.1) is 0 Å². The molecule has 1 fully saturated rings. The van der Waals surface area contributed by atoms with Crippen molar-refractivity contribution in [1.29, 1.82) is 0 Å². The monoisotopic (exact) mass is 456 g/mol. The number of aliphatic hydroxyl groups is 2. The second-order valence-corrected chi connectivity index (χ2v) is 9.87. The molecular weight excluding hydrogens is 439 g/mol. The van der Waals surface area contributed by atoms with Gasteiger partial charge in [-0.25, -0.2) is 0 Å². The van der Waals surface area contributed by atoms with Crippen LogP contribution in [0.4, 0.5) is 0 Å². The number of hydrogen-bond donors (Lipinski definition) is 2. The highest BCUT2D eigenvalue weighted by Crippen LogP contribution is 2.36. The van der Waals surface area contributed by atoms with Gasteiger partial charge in [-0.1, -0.05) is 46.7 Å². The van der Waals surface area contributed by atoms with Crippen molar-refractivity contribution in [3.05, 3.63) is 55.8 Å². The maximum Gasteiger partial charge on any atom is 0.157 e. The van der Waals surface area contributed by atoms with Gasteiger partial charge in [0, 0.05) is 24.3 Å². The quantitative estimate of drug-likeness (QED) is 0.579. The maximum atomic E-state index is 10.1. The van der Waals surface area contributed by atoms with Crippen LogP contribution in [0.3, 0.4) is 0 Å². The van der Waals surface area contributed by atoms with Crippen molar-refractivity contribution in [2.24, 2.45) is 0 Å². The summed E-state index contributed by atoms with van der Waals surface area (Å²) in [5.41, 5.74) is 1.86. The predicted octanol–water partition coefficient (Wildman–Crippen LogP) is 4.74. The van der Waals surface area contributed by atoms with Gasteiger partial charge in [0.25, 0.3) is 0 Å². The van der Waals surface area contributed by atoms with Crippen molar-refractivity contribution >= 4 is 45.9 Å². The minimum atomic E-state index is -0.488. The van der Waals surface area contributed by atoms with Gasteiger partial charge in [-0.3, -0.25) is 0 Å². The molecule has 0 saturated carbocycles. The maximum absolute atomic E-state index is 10.1. The van der Waals surface area contributed by atoms with E-state index in [1.807, 2.05) is 30.3 Å². The predicted molar refractivity (Wildman–Crippen MR) is 112 cm³/mol. The van der Waals surface area contributed by atoms with Crippen molar-refractivity contribution < 1.29 is 14.9 Å². The Bertz CT molecular complexity index is 962. The van der Waals surface area contributed by atoms with Crippen LogP contribution in [0.1, 0.15) is 35.1 Å². The highest BCUT2D eigenvalue weighted by Gasteiger charge is 2.29. The van der Waals surface area contributed by atoms with E-state index in [0.29, 0.717) is 24.3 Å². The van der Waals surface area contributed by atoms with Crippen LogP contribution in [-0.2, 0) is 11.2 Å². The Morgan fingerprint density at radius 2 is 1.96 bits per heavy atom. The molecule has 28 heavy (non-hydrogen) atoms. The largest absolute Gasteiger partial charge is 0.394 e. The molecule has 5 nitrogen and oxygen atoms in total. The Morgan fingerprint density at radius 1 is 1.11 bits per heavy atom. The number of ether oxygens (including phenoxy) is 1. The fourth-order valence-corrected chi connectivity index (χ4v) is 5.41. The van der Waals surface area contributed by atoms with E-state index in [-0.39, 0.29) is 18.8 Å². The molecule has 2 N–H and O–H groups in total. The Kier molecular flexibility index (Phi) is 6.32. The van der Waals surface area contributed by atoms with E-state index in [1.165, 1.54) is 22.7 Å². The van der Waals surface area contributed by atoms with Crippen LogP contribution in [0.2, 0.25) is 9.36 Å². The first-order valence-electron chi connectivity index (χ1n) is 8.82. The summed E-state index contributed by atoms with van der Waals surface area (Å²) in [7, 11) is 0. The molecule has 4 rings (SSSR count). The average Bonchev–Trinajstić information content (AvgIpc) is 3.32. The molecule has 0 bridgehead atoms. The molecule has 0 aliphatic carbocycles. The zero-order chi connectivity index (χ0) is 19.7. The van der Waals surface area contributed by atoms with Crippen LogP contribution in [0.15, 0.2) is 30.3 Å². The summed E-state index contributed by atoms with van der Waals surface area (Å²) in [5, 5.41) is 30.3. The van der Waals surface area contributed by atoms with Crippen LogP contribution < -0.4 is 0 Å². The Balaban J connectivity index is 1.54. The molecule has 3 unspecified atom stereocenters. The lowest BCUT2D eigenvalue weighted by molar-refractivity contribution is -0.113. The Morgan fingerprint density at radius 3 is 2.71 bits per heavy atom. The Hall–Kier alpha value is -1.06. The molecule has 9 heteroatoms. The Labute approximate surface area is 180 Å². The summed E-state index contributed by atoms with van der Waals surface area (Å²) in [6, 6.07) is 9.52. The van der Waals surface area contributed by atoms with Gasteiger partial charge in [-0.2, -0.15) is 0 Å². The van der Waals surface area contributed by atoms with Crippen LogP contribution >= 0.6 is 45.9 Å². The number of benzene rings is 1. The summed E-state index contributed by atoms with van der Waals surface area (Å²) < 4.78 is 6.63. The van der Waals surface area contributed by atoms with Gasteiger partial charge in [0.15, 0.2) is 5.01 Å². The first kappa shape index (κ1) is 20.2. The number of nitrogens with zero attached hydrogens (tertiary/aromatic N) is 2. The first-order chi connectivity index (χ1) is 13.5. The van der Waals surface area contributed by atoms with Crippen molar-refractivity contribution in [2.75, 3.05) is 6.61 Å². The summed E-state index contributed by atoms with van der Waals surface area (Å²) in [6.07, 6.45) is 0.403. The molecule has 1 aromatic carbocycles. The molecule has 3 heterocycles. The number of aliphatic hydroxyl groups excluding tert-OH is 2. The molecule has 2 aromatic heterocycles. The molecule has 1 aliphatic heterocycles. The lowest BCUT2D eigenvalue weighted by Gasteiger charge is -2.32. The van der Waals surface area contributed by atoms with Gasteiger partial charge >= 0.3 is 0 Å². The van der Waals surface area contributed by atoms with Gasteiger partial charge in [-0.15, -0.1) is 21.5 Å². The van der Waals surface area contributed by atoms with Crippen molar-refractivity contribution in [3.8, 4) is 9.88 Å². The highest BCUT2D eigenvalue weighted by atomic mass is 35.5. The molecule has 148 valence electrons. The minimum Gasteiger partial charge on any atom is -0.394 e. The fourth-order valence-electron chi connectivity index (χ4n) is 3.27. The van der Waals surface area contributed by atoms with Gasteiger partial charge in [-0.05, 0) is 29.3 Å². The van der Waals surface area contributed by atoms with E-state index in [2.05, 4.69) is 10.2 Å². The number of halogens is 2. The van der Waals surface area contributed by atoms with Crippen molar-refractivity contribution in [2.45, 2.75) is 37.6 Å². The molecule has 1 aliphatic rings. The lowest BCUT2D eigenvalue weighted by Crippen LogP contribution is -2.33. The summed E-state index contributed by atoms with van der Waals surface area (Å²) >= 11 is 15.4. The molecule has 3 atom stereocenters. The van der Waals surface area contributed by atoms with E-state index in [1.54, 1.807) is 0 Å². The third-order valence-corrected chi connectivity index (χ3v) is 7.31. The third-order valence-electron chi connectivity index (χ3n) is 4.62. The zero-order valence-corrected chi connectivity index (χ0v) is 17.9. The summed E-state index contributed by atoms with van der Waals surface area (Å²) in [4.78, 5) is 0.994. The van der Waals surface area contributed by atoms with E-state index >= 15 is 0 Å². The topological polar surface area (TPSA) is 75.5 Å². The van der Waals surface area contributed by atoms with E-state index in [9.17, 15) is 10.2 Å². The molecule has 1 saturated heterocycles. The standard InChI is InChI=1S/C19H18Cl2N2O3S2/c20-14-2-1-10(15-8-12(25)7-13(9-24)26-15)5-11(14)6-18-22-23-19(28-18)16-3-4-17(21)27-16/h1-5,12-13,15,24-25H,6-9H2. The van der Waals surface area contributed by atoms with E-state index in [0.717, 1.165) is 30.4 Å². The smallest absolute Gasteiger partial charge is 0.157 e. The fraction of sp³-hybridized carbons (Fsp3) is 0.368. The molecule has 0 radical (unpaired) electrons. The normalized spacial score (nSPS) is 22.5. The SMILES string of the molecule is OCC1CC(O)CC(c2ccc(Cl)c(Cc3nnc(-c4ccc(Cl)s4)s3)c2)O1. The van der Waals surface area contributed by atoms with Crippen molar-refractivity contribution in [3.63, 3.8) is 0 Å². The highest BCUT2D eigenvalue weighted by molar-refractivity contribution is 7.23. The van der Waals surface area contributed by atoms with Gasteiger partial charge in [0.05, 0.1) is 34.1 Å². The van der Waals surface area contributed by atoms with Crippen LogP contribution in [-0.4, -0.2) is 39.2 Å². The second-order valence-electron chi connectivity index (χ2n) is 6.69. The lowest BCUT2D eigenvalue weighted by atomic mass is 9.95. The summed E-state index contributed by atoms with van der Waals surface area (Å²) in [6.45, 7) is -0.103. The number of hydrogen-bond acceptors (Lipinski definition) is 7. The van der Waals surface area contributed by atoms with Crippen LogP contribution in [0.5, 0.6) is 0 Å². The summed E-state index contributed by atoms with van der Waals surface area (Å²) in [5.74, 6) is 0. The first-order valence-corrected chi connectivity index (χ1v) is 11.2. The number of thiophene rings is 1. The van der Waals surface area contributed by atoms with Crippen LogP contribution in [0.25, 0.3) is 9.88 Å². The van der Waals surface area contributed by atoms with Crippen molar-refractivity contribution in [1.82, 2.24) is 10.2 Å². The minimum absolute atomic E-state index is 0.103. The molecule has 0 spiro atoms. The average molecular weight is 457 g/mol. The van der Waals surface area contributed by atoms with Gasteiger partial charge in [0.1, 0.15) is 5.01 Å².